The number of hydrogen-bond donors (Lipinski definition) is 1. The molecule has 3 nitrogen and oxygen atoms in total. The second kappa shape index (κ2) is 8.53. The molecule has 148 valence electrons. The number of halogens is 1. The standard InChI is InChI=1S/C23H32ClNO2/c1-22(2,3)17-7-9-21(19(14-17)23(4,5)6)27-12-11-26-20-10-8-18(24)13-16(20)15-25/h7-10,13-14H,11-12,15,25H2,1-6H3. The molecule has 0 saturated carbocycles. The number of rotatable bonds is 6. The SMILES string of the molecule is CC(C)(C)c1ccc(OCCOc2ccc(Cl)cc2CN)c(C(C)(C)C)c1. The van der Waals surface area contributed by atoms with Crippen LogP contribution in [0.5, 0.6) is 11.5 Å². The first-order chi connectivity index (χ1) is 12.5. The van der Waals surface area contributed by atoms with Crippen LogP contribution in [0.2, 0.25) is 5.02 Å². The fourth-order valence-electron chi connectivity index (χ4n) is 2.86. The predicted molar refractivity (Wildman–Crippen MR) is 114 cm³/mol. The van der Waals surface area contributed by atoms with Gasteiger partial charge in [0.25, 0.3) is 0 Å². The van der Waals surface area contributed by atoms with Crippen molar-refractivity contribution in [3.8, 4) is 11.5 Å². The molecule has 0 spiro atoms. The van der Waals surface area contributed by atoms with Crippen LogP contribution in [0.25, 0.3) is 0 Å². The lowest BCUT2D eigenvalue weighted by atomic mass is 9.80. The lowest BCUT2D eigenvalue weighted by molar-refractivity contribution is 0.213. The van der Waals surface area contributed by atoms with Gasteiger partial charge in [-0.15, -0.1) is 0 Å². The smallest absolute Gasteiger partial charge is 0.124 e. The Bertz CT molecular complexity index is 773. The molecule has 0 saturated heterocycles. The molecule has 0 atom stereocenters. The molecule has 0 fully saturated rings. The molecule has 0 aliphatic carbocycles. The van der Waals surface area contributed by atoms with Crippen LogP contribution in [0.15, 0.2) is 36.4 Å². The largest absolute Gasteiger partial charge is 0.490 e. The van der Waals surface area contributed by atoms with E-state index in [1.165, 1.54) is 11.1 Å². The molecule has 0 aromatic heterocycles. The number of nitrogens with two attached hydrogens (primary N) is 1. The summed E-state index contributed by atoms with van der Waals surface area (Å²) in [7, 11) is 0. The third-order valence-electron chi connectivity index (χ3n) is 4.49. The average molecular weight is 390 g/mol. The molecule has 0 bridgehead atoms. The molecule has 0 heterocycles. The number of hydrogen-bond acceptors (Lipinski definition) is 3. The van der Waals surface area contributed by atoms with Crippen LogP contribution >= 0.6 is 11.6 Å². The molecule has 0 aliphatic rings. The zero-order valence-electron chi connectivity index (χ0n) is 17.4. The highest BCUT2D eigenvalue weighted by molar-refractivity contribution is 6.30. The molecule has 2 aromatic carbocycles. The molecule has 4 heteroatoms. The third-order valence-corrected chi connectivity index (χ3v) is 4.73. The summed E-state index contributed by atoms with van der Waals surface area (Å²) >= 11 is 6.01. The van der Waals surface area contributed by atoms with Gasteiger partial charge in [0.2, 0.25) is 0 Å². The molecule has 2 aromatic rings. The second-order valence-electron chi connectivity index (χ2n) is 8.86. The van der Waals surface area contributed by atoms with Gasteiger partial charge in [-0.2, -0.15) is 0 Å². The van der Waals surface area contributed by atoms with Crippen LogP contribution in [0.4, 0.5) is 0 Å². The van der Waals surface area contributed by atoms with E-state index >= 15 is 0 Å². The highest BCUT2D eigenvalue weighted by Crippen LogP contribution is 2.35. The fourth-order valence-corrected chi connectivity index (χ4v) is 3.05. The monoisotopic (exact) mass is 389 g/mol. The summed E-state index contributed by atoms with van der Waals surface area (Å²) in [6, 6.07) is 12.0. The molecule has 0 radical (unpaired) electrons. The topological polar surface area (TPSA) is 44.5 Å². The van der Waals surface area contributed by atoms with E-state index in [4.69, 9.17) is 26.8 Å². The number of benzene rings is 2. The van der Waals surface area contributed by atoms with Crippen molar-refractivity contribution < 1.29 is 9.47 Å². The van der Waals surface area contributed by atoms with Crippen molar-refractivity contribution in [1.82, 2.24) is 0 Å². The average Bonchev–Trinajstić information content (AvgIpc) is 2.57. The Hall–Kier alpha value is -1.71. The van der Waals surface area contributed by atoms with E-state index in [-0.39, 0.29) is 10.8 Å². The van der Waals surface area contributed by atoms with Gasteiger partial charge in [0.05, 0.1) is 0 Å². The van der Waals surface area contributed by atoms with Crippen molar-refractivity contribution in [2.45, 2.75) is 58.9 Å². The Morgan fingerprint density at radius 3 is 1.96 bits per heavy atom. The van der Waals surface area contributed by atoms with E-state index in [1.54, 1.807) is 6.07 Å². The molecule has 0 amide bonds. The Morgan fingerprint density at radius 2 is 1.41 bits per heavy atom. The van der Waals surface area contributed by atoms with Crippen molar-refractivity contribution in [1.29, 1.82) is 0 Å². The Kier molecular flexibility index (Phi) is 6.82. The van der Waals surface area contributed by atoms with Gasteiger partial charge in [-0.25, -0.2) is 0 Å². The van der Waals surface area contributed by atoms with Crippen molar-refractivity contribution in [3.05, 3.63) is 58.1 Å². The fraction of sp³-hybridized carbons (Fsp3) is 0.478. The lowest BCUT2D eigenvalue weighted by Gasteiger charge is -2.27. The molecule has 2 rings (SSSR count). The molecule has 27 heavy (non-hydrogen) atoms. The highest BCUT2D eigenvalue weighted by Gasteiger charge is 2.23. The van der Waals surface area contributed by atoms with Crippen molar-refractivity contribution in [2.24, 2.45) is 5.73 Å². The normalized spacial score (nSPS) is 12.1. The summed E-state index contributed by atoms with van der Waals surface area (Å²) in [5.74, 6) is 1.67. The molecular formula is C23H32ClNO2. The van der Waals surface area contributed by atoms with Gasteiger partial charge in [0, 0.05) is 17.1 Å². The summed E-state index contributed by atoms with van der Waals surface area (Å²) in [6.45, 7) is 14.6. The minimum Gasteiger partial charge on any atom is -0.490 e. The molecule has 0 aliphatic heterocycles. The summed E-state index contributed by atoms with van der Waals surface area (Å²) < 4.78 is 11.9. The summed E-state index contributed by atoms with van der Waals surface area (Å²) in [5.41, 5.74) is 9.29. The zero-order valence-corrected chi connectivity index (χ0v) is 18.1. The van der Waals surface area contributed by atoms with Gasteiger partial charge >= 0.3 is 0 Å². The van der Waals surface area contributed by atoms with Crippen LogP contribution in [-0.2, 0) is 17.4 Å². The van der Waals surface area contributed by atoms with Crippen LogP contribution in [-0.4, -0.2) is 13.2 Å². The molecule has 0 unspecified atom stereocenters. The van der Waals surface area contributed by atoms with Gasteiger partial charge in [0.1, 0.15) is 24.7 Å². The maximum atomic E-state index is 6.07. The van der Waals surface area contributed by atoms with Gasteiger partial charge in [-0.05, 0) is 46.2 Å². The van der Waals surface area contributed by atoms with Crippen molar-refractivity contribution >= 4 is 11.6 Å². The minimum atomic E-state index is 0.000346. The van der Waals surface area contributed by atoms with E-state index in [1.807, 2.05) is 12.1 Å². The number of ether oxygens (including phenoxy) is 2. The third kappa shape index (κ3) is 5.88. The van der Waals surface area contributed by atoms with Crippen LogP contribution in [0.1, 0.15) is 58.2 Å². The van der Waals surface area contributed by atoms with Gasteiger partial charge in [-0.3, -0.25) is 0 Å². The maximum absolute atomic E-state index is 6.07. The summed E-state index contributed by atoms with van der Waals surface area (Å²) in [4.78, 5) is 0. The Balaban J connectivity index is 2.07. The van der Waals surface area contributed by atoms with Crippen molar-refractivity contribution in [3.63, 3.8) is 0 Å². The van der Waals surface area contributed by atoms with Crippen LogP contribution in [0, 0.1) is 0 Å². The predicted octanol–water partition coefficient (Wildman–Crippen LogP) is 5.85. The minimum absolute atomic E-state index is 0.000346. The Morgan fingerprint density at radius 1 is 0.815 bits per heavy atom. The second-order valence-corrected chi connectivity index (χ2v) is 9.30. The van der Waals surface area contributed by atoms with E-state index in [9.17, 15) is 0 Å². The van der Waals surface area contributed by atoms with E-state index < -0.39 is 0 Å². The molecular weight excluding hydrogens is 358 g/mol. The van der Waals surface area contributed by atoms with Crippen LogP contribution < -0.4 is 15.2 Å². The molecule has 2 N–H and O–H groups in total. The van der Waals surface area contributed by atoms with E-state index in [0.29, 0.717) is 24.8 Å². The maximum Gasteiger partial charge on any atom is 0.124 e. The van der Waals surface area contributed by atoms with Crippen LogP contribution in [0.3, 0.4) is 0 Å². The zero-order chi connectivity index (χ0) is 20.2. The van der Waals surface area contributed by atoms with E-state index in [0.717, 1.165) is 17.1 Å². The highest BCUT2D eigenvalue weighted by atomic mass is 35.5. The van der Waals surface area contributed by atoms with Gasteiger partial charge in [-0.1, -0.05) is 65.3 Å². The van der Waals surface area contributed by atoms with Gasteiger partial charge in [0.15, 0.2) is 0 Å². The quantitative estimate of drug-likeness (QED) is 0.630. The van der Waals surface area contributed by atoms with Crippen molar-refractivity contribution in [2.75, 3.05) is 13.2 Å². The first kappa shape index (κ1) is 21.6. The van der Waals surface area contributed by atoms with E-state index in [2.05, 4.69) is 59.7 Å². The first-order valence-electron chi connectivity index (χ1n) is 9.41. The Labute approximate surface area is 168 Å². The summed E-state index contributed by atoms with van der Waals surface area (Å²) in [6.07, 6.45) is 0. The lowest BCUT2D eigenvalue weighted by Crippen LogP contribution is -2.19. The van der Waals surface area contributed by atoms with Gasteiger partial charge < -0.3 is 15.2 Å². The first-order valence-corrected chi connectivity index (χ1v) is 9.79. The summed E-state index contributed by atoms with van der Waals surface area (Å²) in [5, 5.41) is 0.660.